The summed E-state index contributed by atoms with van der Waals surface area (Å²) < 4.78 is 36.3. The standard InChI is InChI=1S/C14H20ClF3N2/c1-10(5-4-8-14(16,17)18)19-12-9-11(15)6-7-13(12)20(2)3/h6-7,9-10,19H,4-5,8H2,1-3H3. The van der Waals surface area contributed by atoms with Gasteiger partial charge in [0, 0.05) is 31.6 Å². The van der Waals surface area contributed by atoms with E-state index < -0.39 is 12.6 Å². The highest BCUT2D eigenvalue weighted by molar-refractivity contribution is 6.31. The van der Waals surface area contributed by atoms with E-state index in [0.717, 1.165) is 11.4 Å². The van der Waals surface area contributed by atoms with Crippen LogP contribution >= 0.6 is 11.6 Å². The van der Waals surface area contributed by atoms with Crippen molar-refractivity contribution in [3.05, 3.63) is 23.2 Å². The van der Waals surface area contributed by atoms with Crippen LogP contribution in [0.5, 0.6) is 0 Å². The molecule has 1 atom stereocenters. The van der Waals surface area contributed by atoms with Crippen LogP contribution in [0.25, 0.3) is 0 Å². The molecule has 0 saturated carbocycles. The van der Waals surface area contributed by atoms with Crippen molar-refractivity contribution >= 4 is 23.0 Å². The van der Waals surface area contributed by atoms with Crippen LogP contribution in [0, 0.1) is 0 Å². The second kappa shape index (κ2) is 7.07. The Hall–Kier alpha value is -1.10. The number of nitrogens with one attached hydrogen (secondary N) is 1. The molecule has 0 radical (unpaired) electrons. The quantitative estimate of drug-likeness (QED) is 0.801. The summed E-state index contributed by atoms with van der Waals surface area (Å²) >= 11 is 5.96. The van der Waals surface area contributed by atoms with Gasteiger partial charge in [0.1, 0.15) is 0 Å². The molecule has 0 saturated heterocycles. The Morgan fingerprint density at radius 3 is 2.50 bits per heavy atom. The SMILES string of the molecule is CC(CCCC(F)(F)F)Nc1cc(Cl)ccc1N(C)C. The van der Waals surface area contributed by atoms with Crippen molar-refractivity contribution in [2.45, 2.75) is 38.4 Å². The van der Waals surface area contributed by atoms with E-state index in [9.17, 15) is 13.2 Å². The highest BCUT2D eigenvalue weighted by atomic mass is 35.5. The molecule has 0 aromatic heterocycles. The van der Waals surface area contributed by atoms with Crippen molar-refractivity contribution in [3.8, 4) is 0 Å². The Kier molecular flexibility index (Phi) is 5.99. The van der Waals surface area contributed by atoms with E-state index in [1.807, 2.05) is 32.0 Å². The average Bonchev–Trinajstić information content (AvgIpc) is 2.26. The van der Waals surface area contributed by atoms with Crippen LogP contribution in [0.15, 0.2) is 18.2 Å². The first-order valence-electron chi connectivity index (χ1n) is 6.49. The van der Waals surface area contributed by atoms with Crippen molar-refractivity contribution in [1.29, 1.82) is 0 Å². The highest BCUT2D eigenvalue weighted by Crippen LogP contribution is 2.29. The molecule has 1 aromatic carbocycles. The van der Waals surface area contributed by atoms with Crippen LogP contribution in [0.2, 0.25) is 5.02 Å². The molecule has 0 fully saturated rings. The number of halogens is 4. The zero-order valence-corrected chi connectivity index (χ0v) is 12.6. The van der Waals surface area contributed by atoms with Crippen molar-refractivity contribution in [3.63, 3.8) is 0 Å². The zero-order chi connectivity index (χ0) is 15.3. The predicted octanol–water partition coefficient (Wildman–Crippen LogP) is 4.94. The average molecular weight is 309 g/mol. The van der Waals surface area contributed by atoms with Gasteiger partial charge in [-0.1, -0.05) is 11.6 Å². The van der Waals surface area contributed by atoms with Crippen LogP contribution in [-0.4, -0.2) is 26.3 Å². The molecular weight excluding hydrogens is 289 g/mol. The van der Waals surface area contributed by atoms with Crippen molar-refractivity contribution < 1.29 is 13.2 Å². The molecule has 0 aliphatic rings. The molecule has 0 spiro atoms. The minimum Gasteiger partial charge on any atom is -0.381 e. The van der Waals surface area contributed by atoms with Crippen LogP contribution in [0.3, 0.4) is 0 Å². The molecule has 20 heavy (non-hydrogen) atoms. The van der Waals surface area contributed by atoms with Crippen molar-refractivity contribution in [1.82, 2.24) is 0 Å². The highest BCUT2D eigenvalue weighted by Gasteiger charge is 2.26. The third-order valence-corrected chi connectivity index (χ3v) is 3.17. The van der Waals surface area contributed by atoms with Crippen LogP contribution < -0.4 is 10.2 Å². The van der Waals surface area contributed by atoms with Gasteiger partial charge in [0.25, 0.3) is 0 Å². The maximum absolute atomic E-state index is 12.1. The molecule has 0 aliphatic carbocycles. The van der Waals surface area contributed by atoms with Crippen LogP contribution in [0.1, 0.15) is 26.2 Å². The first-order valence-corrected chi connectivity index (χ1v) is 6.87. The summed E-state index contributed by atoms with van der Waals surface area (Å²) in [5, 5.41) is 3.82. The summed E-state index contributed by atoms with van der Waals surface area (Å²) in [6.07, 6.45) is -4.24. The van der Waals surface area contributed by atoms with E-state index in [-0.39, 0.29) is 12.5 Å². The van der Waals surface area contributed by atoms with E-state index >= 15 is 0 Å². The topological polar surface area (TPSA) is 15.3 Å². The summed E-state index contributed by atoms with van der Waals surface area (Å²) in [6.45, 7) is 1.87. The summed E-state index contributed by atoms with van der Waals surface area (Å²) in [7, 11) is 3.81. The Labute approximate surface area is 122 Å². The molecular formula is C14H20ClF3N2. The lowest BCUT2D eigenvalue weighted by Crippen LogP contribution is -2.19. The number of hydrogen-bond acceptors (Lipinski definition) is 2. The maximum atomic E-state index is 12.1. The molecule has 2 nitrogen and oxygen atoms in total. The number of anilines is 2. The minimum atomic E-state index is -4.08. The van der Waals surface area contributed by atoms with Gasteiger partial charge in [-0.3, -0.25) is 0 Å². The number of alkyl halides is 3. The van der Waals surface area contributed by atoms with E-state index in [0.29, 0.717) is 11.4 Å². The number of nitrogens with zero attached hydrogens (tertiary/aromatic N) is 1. The van der Waals surface area contributed by atoms with Gasteiger partial charge < -0.3 is 10.2 Å². The number of benzene rings is 1. The van der Waals surface area contributed by atoms with Gasteiger partial charge in [0.15, 0.2) is 0 Å². The van der Waals surface area contributed by atoms with Crippen molar-refractivity contribution in [2.24, 2.45) is 0 Å². The zero-order valence-electron chi connectivity index (χ0n) is 11.9. The Balaban J connectivity index is 2.61. The molecule has 0 heterocycles. The molecule has 1 rings (SSSR count). The van der Waals surface area contributed by atoms with Crippen LogP contribution in [0.4, 0.5) is 24.5 Å². The fourth-order valence-corrected chi connectivity index (χ4v) is 2.13. The Morgan fingerprint density at radius 2 is 1.95 bits per heavy atom. The van der Waals surface area contributed by atoms with Gasteiger partial charge in [-0.25, -0.2) is 0 Å². The Morgan fingerprint density at radius 1 is 1.30 bits per heavy atom. The smallest absolute Gasteiger partial charge is 0.381 e. The monoisotopic (exact) mass is 308 g/mol. The third kappa shape index (κ3) is 5.90. The largest absolute Gasteiger partial charge is 0.389 e. The number of hydrogen-bond donors (Lipinski definition) is 1. The van der Waals surface area contributed by atoms with E-state index in [1.165, 1.54) is 0 Å². The fourth-order valence-electron chi connectivity index (χ4n) is 1.96. The van der Waals surface area contributed by atoms with Gasteiger partial charge in [0.05, 0.1) is 11.4 Å². The van der Waals surface area contributed by atoms with Gasteiger partial charge in [-0.2, -0.15) is 13.2 Å². The maximum Gasteiger partial charge on any atom is 0.389 e. The minimum absolute atomic E-state index is 0.0467. The lowest BCUT2D eigenvalue weighted by molar-refractivity contribution is -0.135. The first-order chi connectivity index (χ1) is 9.19. The number of rotatable bonds is 6. The van der Waals surface area contributed by atoms with Gasteiger partial charge >= 0.3 is 6.18 Å². The third-order valence-electron chi connectivity index (χ3n) is 2.94. The molecule has 114 valence electrons. The fraction of sp³-hybridized carbons (Fsp3) is 0.571. The summed E-state index contributed by atoms with van der Waals surface area (Å²) in [6, 6.07) is 5.41. The molecule has 0 aliphatic heterocycles. The predicted molar refractivity (Wildman–Crippen MR) is 78.8 cm³/mol. The first kappa shape index (κ1) is 17.0. The summed E-state index contributed by atoms with van der Waals surface area (Å²) in [5.74, 6) is 0. The molecule has 1 aromatic rings. The second-order valence-electron chi connectivity index (χ2n) is 5.11. The molecule has 1 unspecified atom stereocenters. The molecule has 1 N–H and O–H groups in total. The second-order valence-corrected chi connectivity index (χ2v) is 5.55. The van der Waals surface area contributed by atoms with Gasteiger partial charge in [-0.15, -0.1) is 0 Å². The molecule has 0 amide bonds. The van der Waals surface area contributed by atoms with Crippen molar-refractivity contribution in [2.75, 3.05) is 24.3 Å². The van der Waals surface area contributed by atoms with E-state index in [2.05, 4.69) is 5.32 Å². The van der Waals surface area contributed by atoms with Gasteiger partial charge in [-0.05, 0) is 38.0 Å². The van der Waals surface area contributed by atoms with E-state index in [4.69, 9.17) is 11.6 Å². The Bertz CT molecular complexity index is 433. The normalized spacial score (nSPS) is 13.2. The van der Waals surface area contributed by atoms with Crippen LogP contribution in [-0.2, 0) is 0 Å². The van der Waals surface area contributed by atoms with Gasteiger partial charge in [0.2, 0.25) is 0 Å². The molecule has 6 heteroatoms. The lowest BCUT2D eigenvalue weighted by Gasteiger charge is -2.22. The summed E-state index contributed by atoms with van der Waals surface area (Å²) in [4.78, 5) is 1.93. The molecule has 0 bridgehead atoms. The van der Waals surface area contributed by atoms with E-state index in [1.54, 1.807) is 12.1 Å². The summed E-state index contributed by atoms with van der Waals surface area (Å²) in [5.41, 5.74) is 1.79. The lowest BCUT2D eigenvalue weighted by atomic mass is 10.1.